The largest absolute Gasteiger partial charge is 0.329 e. The zero-order chi connectivity index (χ0) is 11.9. The van der Waals surface area contributed by atoms with Crippen LogP contribution in [0.2, 0.25) is 0 Å². The maximum Gasteiger partial charge on any atom is 0.0300 e. The summed E-state index contributed by atoms with van der Waals surface area (Å²) in [6.45, 7) is 11.0. The highest BCUT2D eigenvalue weighted by Gasteiger charge is 2.26. The van der Waals surface area contributed by atoms with Crippen LogP contribution in [0.5, 0.6) is 0 Å². The van der Waals surface area contributed by atoms with E-state index in [1.54, 1.807) is 0 Å². The molecular formula is C13H30N2. The smallest absolute Gasteiger partial charge is 0.0300 e. The molecule has 0 radical (unpaired) electrons. The van der Waals surface area contributed by atoms with Gasteiger partial charge in [-0.1, -0.05) is 27.2 Å². The van der Waals surface area contributed by atoms with Crippen molar-refractivity contribution in [3.8, 4) is 0 Å². The van der Waals surface area contributed by atoms with Gasteiger partial charge >= 0.3 is 0 Å². The molecule has 0 saturated heterocycles. The number of hydrogen-bond acceptors (Lipinski definition) is 2. The molecule has 0 saturated carbocycles. The SMILES string of the molecule is CCCCN(C)C(C)(CN)CCC(C)C. The summed E-state index contributed by atoms with van der Waals surface area (Å²) in [7, 11) is 2.21. The van der Waals surface area contributed by atoms with Crippen LogP contribution in [0.1, 0.15) is 53.4 Å². The van der Waals surface area contributed by atoms with E-state index in [0.29, 0.717) is 0 Å². The quantitative estimate of drug-likeness (QED) is 0.673. The molecule has 0 bridgehead atoms. The van der Waals surface area contributed by atoms with Gasteiger partial charge in [-0.3, -0.25) is 4.90 Å². The van der Waals surface area contributed by atoms with Crippen LogP contribution < -0.4 is 5.73 Å². The Labute approximate surface area is 96.2 Å². The Hall–Kier alpha value is -0.0800. The van der Waals surface area contributed by atoms with Crippen molar-refractivity contribution in [1.29, 1.82) is 0 Å². The molecule has 0 aromatic carbocycles. The molecule has 0 amide bonds. The van der Waals surface area contributed by atoms with Gasteiger partial charge in [0.05, 0.1) is 0 Å². The van der Waals surface area contributed by atoms with Crippen LogP contribution in [0.15, 0.2) is 0 Å². The number of unbranched alkanes of at least 4 members (excludes halogenated alkanes) is 1. The van der Waals surface area contributed by atoms with Gasteiger partial charge in [0.25, 0.3) is 0 Å². The Kier molecular flexibility index (Phi) is 7.20. The predicted octanol–water partition coefficient (Wildman–Crippen LogP) is 2.87. The fraction of sp³-hybridized carbons (Fsp3) is 1.00. The van der Waals surface area contributed by atoms with Gasteiger partial charge in [-0.05, 0) is 45.7 Å². The fourth-order valence-electron chi connectivity index (χ4n) is 1.71. The molecule has 0 heterocycles. The molecule has 2 nitrogen and oxygen atoms in total. The van der Waals surface area contributed by atoms with Crippen LogP contribution in [0.3, 0.4) is 0 Å². The van der Waals surface area contributed by atoms with Gasteiger partial charge in [0, 0.05) is 12.1 Å². The maximum absolute atomic E-state index is 5.92. The average molecular weight is 214 g/mol. The van der Waals surface area contributed by atoms with Crippen LogP contribution in [0, 0.1) is 5.92 Å². The van der Waals surface area contributed by atoms with Crippen molar-refractivity contribution in [2.75, 3.05) is 20.1 Å². The Morgan fingerprint density at radius 1 is 1.33 bits per heavy atom. The lowest BCUT2D eigenvalue weighted by Gasteiger charge is -2.38. The molecule has 15 heavy (non-hydrogen) atoms. The summed E-state index contributed by atoms with van der Waals surface area (Å²) in [4.78, 5) is 2.44. The first-order valence-corrected chi connectivity index (χ1v) is 6.37. The van der Waals surface area contributed by atoms with Crippen LogP contribution in [0.4, 0.5) is 0 Å². The molecule has 0 aliphatic rings. The first-order chi connectivity index (χ1) is 6.96. The normalized spacial score (nSPS) is 16.0. The fourth-order valence-corrected chi connectivity index (χ4v) is 1.71. The minimum atomic E-state index is 0.194. The molecule has 2 heteroatoms. The van der Waals surface area contributed by atoms with Crippen LogP contribution in [-0.2, 0) is 0 Å². The molecule has 0 spiro atoms. The lowest BCUT2D eigenvalue weighted by molar-refractivity contribution is 0.125. The monoisotopic (exact) mass is 214 g/mol. The summed E-state index contributed by atoms with van der Waals surface area (Å²) in [6.07, 6.45) is 5.01. The summed E-state index contributed by atoms with van der Waals surface area (Å²) in [5, 5.41) is 0. The standard InChI is InChI=1S/C13H30N2/c1-6-7-10-15(5)13(4,11-14)9-8-12(2)3/h12H,6-11,14H2,1-5H3. The third-order valence-electron chi connectivity index (χ3n) is 3.47. The van der Waals surface area contributed by atoms with Crippen molar-refractivity contribution >= 4 is 0 Å². The summed E-state index contributed by atoms with van der Waals surface area (Å²) in [5.41, 5.74) is 6.12. The van der Waals surface area contributed by atoms with Gasteiger partial charge in [0.15, 0.2) is 0 Å². The van der Waals surface area contributed by atoms with Crippen LogP contribution >= 0.6 is 0 Å². The third-order valence-corrected chi connectivity index (χ3v) is 3.47. The van der Waals surface area contributed by atoms with E-state index in [0.717, 1.165) is 12.5 Å². The van der Waals surface area contributed by atoms with Crippen molar-refractivity contribution in [3.05, 3.63) is 0 Å². The highest BCUT2D eigenvalue weighted by atomic mass is 15.2. The molecule has 0 fully saturated rings. The molecule has 1 atom stereocenters. The van der Waals surface area contributed by atoms with Crippen molar-refractivity contribution in [3.63, 3.8) is 0 Å². The van der Waals surface area contributed by atoms with E-state index in [4.69, 9.17) is 5.73 Å². The third kappa shape index (κ3) is 5.53. The summed E-state index contributed by atoms with van der Waals surface area (Å²) in [5.74, 6) is 0.774. The van der Waals surface area contributed by atoms with Gasteiger partial charge in [-0.25, -0.2) is 0 Å². The van der Waals surface area contributed by atoms with E-state index >= 15 is 0 Å². The van der Waals surface area contributed by atoms with E-state index < -0.39 is 0 Å². The summed E-state index contributed by atoms with van der Waals surface area (Å²) < 4.78 is 0. The number of rotatable bonds is 8. The molecule has 0 rings (SSSR count). The molecular weight excluding hydrogens is 184 g/mol. The van der Waals surface area contributed by atoms with Crippen molar-refractivity contribution in [2.45, 2.75) is 58.9 Å². The molecule has 0 aromatic heterocycles. The van der Waals surface area contributed by atoms with Crippen molar-refractivity contribution in [2.24, 2.45) is 11.7 Å². The summed E-state index contributed by atoms with van der Waals surface area (Å²) >= 11 is 0. The lowest BCUT2D eigenvalue weighted by atomic mass is 9.90. The second-order valence-electron chi connectivity index (χ2n) is 5.41. The molecule has 92 valence electrons. The van der Waals surface area contributed by atoms with E-state index in [1.807, 2.05) is 0 Å². The van der Waals surface area contributed by atoms with E-state index in [1.165, 1.54) is 32.2 Å². The van der Waals surface area contributed by atoms with Crippen molar-refractivity contribution in [1.82, 2.24) is 4.90 Å². The lowest BCUT2D eigenvalue weighted by Crippen LogP contribution is -2.50. The maximum atomic E-state index is 5.92. The topological polar surface area (TPSA) is 29.3 Å². The first kappa shape index (κ1) is 14.9. The molecule has 0 aliphatic heterocycles. The Bertz CT molecular complexity index is 157. The highest BCUT2D eigenvalue weighted by Crippen LogP contribution is 2.21. The average Bonchev–Trinajstić information content (AvgIpc) is 2.22. The molecule has 1 unspecified atom stereocenters. The van der Waals surface area contributed by atoms with E-state index in [2.05, 4.69) is 39.6 Å². The number of nitrogens with two attached hydrogens (primary N) is 1. The predicted molar refractivity (Wildman–Crippen MR) is 69.1 cm³/mol. The minimum absolute atomic E-state index is 0.194. The summed E-state index contributed by atoms with van der Waals surface area (Å²) in [6, 6.07) is 0. The van der Waals surface area contributed by atoms with E-state index in [-0.39, 0.29) is 5.54 Å². The zero-order valence-corrected chi connectivity index (χ0v) is 11.3. The second-order valence-corrected chi connectivity index (χ2v) is 5.41. The van der Waals surface area contributed by atoms with E-state index in [9.17, 15) is 0 Å². The van der Waals surface area contributed by atoms with Gasteiger partial charge in [-0.2, -0.15) is 0 Å². The van der Waals surface area contributed by atoms with Gasteiger partial charge < -0.3 is 5.73 Å². The molecule has 0 aliphatic carbocycles. The second kappa shape index (κ2) is 7.24. The Balaban J connectivity index is 4.14. The first-order valence-electron chi connectivity index (χ1n) is 6.37. The Morgan fingerprint density at radius 2 is 1.93 bits per heavy atom. The minimum Gasteiger partial charge on any atom is -0.329 e. The number of likely N-dealkylation sites (N-methyl/N-ethyl adjacent to an activating group) is 1. The number of hydrogen-bond donors (Lipinski definition) is 1. The Morgan fingerprint density at radius 3 is 2.33 bits per heavy atom. The van der Waals surface area contributed by atoms with Crippen LogP contribution in [-0.4, -0.2) is 30.6 Å². The highest BCUT2D eigenvalue weighted by molar-refractivity contribution is 4.85. The van der Waals surface area contributed by atoms with Crippen LogP contribution in [0.25, 0.3) is 0 Å². The zero-order valence-electron chi connectivity index (χ0n) is 11.3. The molecule has 0 aromatic rings. The molecule has 2 N–H and O–H groups in total. The van der Waals surface area contributed by atoms with Crippen molar-refractivity contribution < 1.29 is 0 Å². The van der Waals surface area contributed by atoms with Gasteiger partial charge in [0.1, 0.15) is 0 Å². The van der Waals surface area contributed by atoms with Gasteiger partial charge in [0.2, 0.25) is 0 Å². The van der Waals surface area contributed by atoms with Gasteiger partial charge in [-0.15, -0.1) is 0 Å². The number of nitrogens with zero attached hydrogens (tertiary/aromatic N) is 1.